The van der Waals surface area contributed by atoms with E-state index in [1.165, 1.54) is 14.9 Å². The van der Waals surface area contributed by atoms with Gasteiger partial charge in [-0.3, -0.25) is 4.98 Å². The van der Waals surface area contributed by atoms with E-state index < -0.39 is 0 Å². The highest BCUT2D eigenvalue weighted by atomic mass is 79.9. The summed E-state index contributed by atoms with van der Waals surface area (Å²) in [5.41, 5.74) is 2.60. The monoisotopic (exact) mass is 310 g/mol. The molecule has 0 aromatic carbocycles. The Labute approximate surface area is 114 Å². The summed E-state index contributed by atoms with van der Waals surface area (Å²) in [7, 11) is 0. The number of thiophene rings is 1. The zero-order valence-corrected chi connectivity index (χ0v) is 12.1. The van der Waals surface area contributed by atoms with Crippen LogP contribution in [0, 0.1) is 0 Å². The Morgan fingerprint density at radius 2 is 2.41 bits per heavy atom. The molecule has 0 spiro atoms. The second-order valence-electron chi connectivity index (χ2n) is 3.86. The third-order valence-electron chi connectivity index (χ3n) is 2.60. The van der Waals surface area contributed by atoms with Crippen molar-refractivity contribution in [2.24, 2.45) is 0 Å². The van der Waals surface area contributed by atoms with Gasteiger partial charge in [0.2, 0.25) is 0 Å². The Morgan fingerprint density at radius 3 is 3.00 bits per heavy atom. The number of halogens is 1. The van der Waals surface area contributed by atoms with Gasteiger partial charge in [-0.15, -0.1) is 11.3 Å². The minimum absolute atomic E-state index is 0.367. The average Bonchev–Trinajstić information content (AvgIpc) is 2.77. The Kier molecular flexibility index (Phi) is 4.71. The molecule has 0 saturated carbocycles. The fourth-order valence-corrected chi connectivity index (χ4v) is 3.04. The summed E-state index contributed by atoms with van der Waals surface area (Å²) >= 11 is 5.25. The van der Waals surface area contributed by atoms with Crippen LogP contribution in [-0.4, -0.2) is 11.5 Å². The number of nitrogens with zero attached hydrogens (tertiary/aromatic N) is 1. The first-order chi connectivity index (χ1) is 8.29. The fourth-order valence-electron chi connectivity index (χ4n) is 1.81. The van der Waals surface area contributed by atoms with Crippen LogP contribution in [0.3, 0.4) is 0 Å². The van der Waals surface area contributed by atoms with E-state index in [9.17, 15) is 0 Å². The highest BCUT2D eigenvalue weighted by molar-refractivity contribution is 9.11. The lowest BCUT2D eigenvalue weighted by molar-refractivity contribution is 0.550. The van der Waals surface area contributed by atoms with Crippen molar-refractivity contribution in [2.45, 2.75) is 19.4 Å². The minimum atomic E-state index is 0.367. The molecule has 0 fully saturated rings. The molecule has 1 unspecified atom stereocenters. The number of hydrogen-bond donors (Lipinski definition) is 1. The molecule has 2 aromatic heterocycles. The number of nitrogens with one attached hydrogen (secondary N) is 1. The third kappa shape index (κ3) is 3.63. The molecule has 4 heteroatoms. The molecule has 0 radical (unpaired) electrons. The van der Waals surface area contributed by atoms with Gasteiger partial charge in [-0.25, -0.2) is 0 Å². The molecule has 0 saturated heterocycles. The predicted molar refractivity (Wildman–Crippen MR) is 76.4 cm³/mol. The summed E-state index contributed by atoms with van der Waals surface area (Å²) < 4.78 is 1.18. The van der Waals surface area contributed by atoms with Crippen LogP contribution in [0.2, 0.25) is 0 Å². The van der Waals surface area contributed by atoms with Gasteiger partial charge in [-0.2, -0.15) is 0 Å². The first kappa shape index (κ1) is 12.7. The summed E-state index contributed by atoms with van der Waals surface area (Å²) in [6.45, 7) is 3.11. The topological polar surface area (TPSA) is 24.9 Å². The molecule has 17 heavy (non-hydrogen) atoms. The van der Waals surface area contributed by atoms with Gasteiger partial charge in [0.15, 0.2) is 0 Å². The van der Waals surface area contributed by atoms with Crippen LogP contribution < -0.4 is 5.32 Å². The first-order valence-electron chi connectivity index (χ1n) is 5.66. The molecule has 2 heterocycles. The molecule has 0 aliphatic carbocycles. The Morgan fingerprint density at radius 1 is 1.53 bits per heavy atom. The fraction of sp³-hybridized carbons (Fsp3) is 0.308. The van der Waals surface area contributed by atoms with E-state index >= 15 is 0 Å². The first-order valence-corrected chi connectivity index (χ1v) is 7.33. The van der Waals surface area contributed by atoms with Gasteiger partial charge >= 0.3 is 0 Å². The van der Waals surface area contributed by atoms with Gasteiger partial charge in [0.05, 0.1) is 3.79 Å². The summed E-state index contributed by atoms with van der Waals surface area (Å²) in [5.74, 6) is 0. The minimum Gasteiger partial charge on any atom is -0.310 e. The quantitative estimate of drug-likeness (QED) is 0.908. The Bertz CT molecular complexity index is 455. The summed E-state index contributed by atoms with van der Waals surface area (Å²) in [6, 6.07) is 6.67. The number of aromatic nitrogens is 1. The summed E-state index contributed by atoms with van der Waals surface area (Å²) in [5, 5.41) is 5.72. The van der Waals surface area contributed by atoms with E-state index in [-0.39, 0.29) is 0 Å². The molecule has 0 amide bonds. The van der Waals surface area contributed by atoms with Gasteiger partial charge < -0.3 is 5.32 Å². The molecule has 1 atom stereocenters. The van der Waals surface area contributed by atoms with Crippen molar-refractivity contribution in [2.75, 3.05) is 6.54 Å². The second kappa shape index (κ2) is 6.28. The molecule has 0 aliphatic rings. The number of rotatable bonds is 5. The molecular formula is C13H15BrN2S. The standard InChI is InChI=1S/C13H15BrN2S/c1-2-16-12(11-7-13(14)17-9-11)6-10-4-3-5-15-8-10/h3-5,7-9,12,16H,2,6H2,1H3. The Balaban J connectivity index is 2.13. The molecule has 1 N–H and O–H groups in total. The van der Waals surface area contributed by atoms with Gasteiger partial charge in [0.1, 0.15) is 0 Å². The molecule has 0 aliphatic heterocycles. The zero-order valence-electron chi connectivity index (χ0n) is 9.69. The molecule has 90 valence electrons. The van der Waals surface area contributed by atoms with Crippen LogP contribution in [0.1, 0.15) is 24.1 Å². The van der Waals surface area contributed by atoms with E-state index in [2.05, 4.69) is 50.7 Å². The van der Waals surface area contributed by atoms with Crippen LogP contribution >= 0.6 is 27.3 Å². The van der Waals surface area contributed by atoms with Gasteiger partial charge in [0, 0.05) is 18.4 Å². The average molecular weight is 311 g/mol. The van der Waals surface area contributed by atoms with E-state index in [0.29, 0.717) is 6.04 Å². The number of pyridine rings is 1. The smallest absolute Gasteiger partial charge is 0.0701 e. The maximum atomic E-state index is 4.16. The SMILES string of the molecule is CCNC(Cc1cccnc1)c1csc(Br)c1. The van der Waals surface area contributed by atoms with Crippen molar-refractivity contribution >= 4 is 27.3 Å². The van der Waals surface area contributed by atoms with E-state index in [0.717, 1.165) is 13.0 Å². The third-order valence-corrected chi connectivity index (χ3v) is 4.13. The molecular weight excluding hydrogens is 296 g/mol. The molecule has 2 rings (SSSR count). The number of likely N-dealkylation sites (N-methyl/N-ethyl adjacent to an activating group) is 1. The Hall–Kier alpha value is -0.710. The van der Waals surface area contributed by atoms with Crippen molar-refractivity contribution < 1.29 is 0 Å². The lowest BCUT2D eigenvalue weighted by Crippen LogP contribution is -2.22. The van der Waals surface area contributed by atoms with E-state index in [4.69, 9.17) is 0 Å². The maximum Gasteiger partial charge on any atom is 0.0701 e. The lowest BCUT2D eigenvalue weighted by atomic mass is 10.0. The van der Waals surface area contributed by atoms with Crippen LogP contribution in [0.15, 0.2) is 39.8 Å². The van der Waals surface area contributed by atoms with E-state index in [1.807, 2.05) is 18.5 Å². The molecule has 2 aromatic rings. The van der Waals surface area contributed by atoms with Crippen molar-refractivity contribution in [3.8, 4) is 0 Å². The number of hydrogen-bond acceptors (Lipinski definition) is 3. The molecule has 0 bridgehead atoms. The van der Waals surface area contributed by atoms with Crippen LogP contribution in [0.5, 0.6) is 0 Å². The highest BCUT2D eigenvalue weighted by Crippen LogP contribution is 2.27. The van der Waals surface area contributed by atoms with Crippen molar-refractivity contribution in [3.05, 3.63) is 50.9 Å². The summed E-state index contributed by atoms with van der Waals surface area (Å²) in [6.07, 6.45) is 4.73. The second-order valence-corrected chi connectivity index (χ2v) is 6.15. The zero-order chi connectivity index (χ0) is 12.1. The largest absolute Gasteiger partial charge is 0.310 e. The maximum absolute atomic E-state index is 4.16. The van der Waals surface area contributed by atoms with Crippen molar-refractivity contribution in [1.82, 2.24) is 10.3 Å². The lowest BCUT2D eigenvalue weighted by Gasteiger charge is -2.16. The van der Waals surface area contributed by atoms with Crippen LogP contribution in [0.25, 0.3) is 0 Å². The predicted octanol–water partition coefficient (Wildman–Crippen LogP) is 3.80. The normalized spacial score (nSPS) is 12.6. The summed E-state index contributed by atoms with van der Waals surface area (Å²) in [4.78, 5) is 4.16. The van der Waals surface area contributed by atoms with Crippen LogP contribution in [0.4, 0.5) is 0 Å². The van der Waals surface area contributed by atoms with Crippen LogP contribution in [-0.2, 0) is 6.42 Å². The van der Waals surface area contributed by atoms with Gasteiger partial charge in [-0.1, -0.05) is 13.0 Å². The van der Waals surface area contributed by atoms with Gasteiger partial charge in [-0.05, 0) is 57.5 Å². The highest BCUT2D eigenvalue weighted by Gasteiger charge is 2.12. The van der Waals surface area contributed by atoms with Gasteiger partial charge in [0.25, 0.3) is 0 Å². The molecule has 2 nitrogen and oxygen atoms in total. The van der Waals surface area contributed by atoms with Crippen molar-refractivity contribution in [1.29, 1.82) is 0 Å². The van der Waals surface area contributed by atoms with E-state index in [1.54, 1.807) is 11.3 Å². The van der Waals surface area contributed by atoms with Crippen molar-refractivity contribution in [3.63, 3.8) is 0 Å².